The minimum Gasteiger partial charge on any atom is -0.477 e. The zero-order chi connectivity index (χ0) is 12.5. The molecular formula is C12H22N4O. The summed E-state index contributed by atoms with van der Waals surface area (Å²) in [7, 11) is 4.11. The molecule has 17 heavy (non-hydrogen) atoms. The summed E-state index contributed by atoms with van der Waals surface area (Å²) in [6.45, 7) is 4.73. The molecule has 0 saturated heterocycles. The third-order valence-electron chi connectivity index (χ3n) is 2.20. The lowest BCUT2D eigenvalue weighted by atomic mass is 10.4. The van der Waals surface area contributed by atoms with Crippen molar-refractivity contribution in [2.75, 3.05) is 39.1 Å². The number of ether oxygens (including phenoxy) is 1. The molecule has 96 valence electrons. The van der Waals surface area contributed by atoms with Crippen LogP contribution in [0.4, 0.5) is 5.82 Å². The van der Waals surface area contributed by atoms with E-state index in [1.54, 1.807) is 0 Å². The van der Waals surface area contributed by atoms with Crippen molar-refractivity contribution in [3.8, 4) is 5.88 Å². The molecule has 5 nitrogen and oxygen atoms in total. The fraction of sp³-hybridized carbons (Fsp3) is 0.667. The van der Waals surface area contributed by atoms with E-state index in [0.717, 1.165) is 31.7 Å². The second-order valence-electron chi connectivity index (χ2n) is 4.17. The minimum absolute atomic E-state index is 0.636. The van der Waals surface area contributed by atoms with Crippen LogP contribution in [0.3, 0.4) is 0 Å². The van der Waals surface area contributed by atoms with Crippen molar-refractivity contribution in [2.24, 2.45) is 0 Å². The van der Waals surface area contributed by atoms with Gasteiger partial charge in [0, 0.05) is 19.2 Å². The number of nitrogens with zero attached hydrogens (tertiary/aromatic N) is 3. The molecule has 0 unspecified atom stereocenters. The Kier molecular flexibility index (Phi) is 6.32. The lowest BCUT2D eigenvalue weighted by Crippen LogP contribution is -2.15. The first kappa shape index (κ1) is 13.7. The first-order valence-electron chi connectivity index (χ1n) is 6.06. The van der Waals surface area contributed by atoms with Gasteiger partial charge in [-0.05, 0) is 26.9 Å². The molecule has 0 radical (unpaired) electrons. The van der Waals surface area contributed by atoms with Gasteiger partial charge in [-0.1, -0.05) is 6.92 Å². The van der Waals surface area contributed by atoms with Crippen molar-refractivity contribution >= 4 is 5.82 Å². The second kappa shape index (κ2) is 7.84. The van der Waals surface area contributed by atoms with Crippen LogP contribution >= 0.6 is 0 Å². The lowest BCUT2D eigenvalue weighted by Gasteiger charge is -2.10. The van der Waals surface area contributed by atoms with Crippen LogP contribution in [0, 0.1) is 0 Å². The summed E-state index contributed by atoms with van der Waals surface area (Å²) in [5.74, 6) is 1.46. The number of aromatic nitrogens is 2. The molecule has 0 fully saturated rings. The molecular weight excluding hydrogens is 216 g/mol. The predicted octanol–water partition coefficient (Wildman–Crippen LogP) is 1.63. The number of hydrogen-bond acceptors (Lipinski definition) is 5. The van der Waals surface area contributed by atoms with Crippen LogP contribution < -0.4 is 10.1 Å². The monoisotopic (exact) mass is 238 g/mol. The maximum atomic E-state index is 5.56. The molecule has 1 aromatic heterocycles. The van der Waals surface area contributed by atoms with Gasteiger partial charge in [-0.3, -0.25) is 0 Å². The Hall–Kier alpha value is -1.36. The van der Waals surface area contributed by atoms with Crippen molar-refractivity contribution < 1.29 is 4.74 Å². The van der Waals surface area contributed by atoms with Gasteiger partial charge >= 0.3 is 0 Å². The second-order valence-corrected chi connectivity index (χ2v) is 4.17. The Morgan fingerprint density at radius 3 is 2.88 bits per heavy atom. The maximum absolute atomic E-state index is 5.56. The van der Waals surface area contributed by atoms with Crippen LogP contribution in [-0.2, 0) is 0 Å². The normalized spacial score (nSPS) is 10.6. The zero-order valence-corrected chi connectivity index (χ0v) is 10.9. The topological polar surface area (TPSA) is 50.3 Å². The smallest absolute Gasteiger partial charge is 0.218 e. The summed E-state index contributed by atoms with van der Waals surface area (Å²) in [4.78, 5) is 10.3. The molecule has 1 N–H and O–H groups in total. The summed E-state index contributed by atoms with van der Waals surface area (Å²) < 4.78 is 5.56. The van der Waals surface area contributed by atoms with E-state index in [1.165, 1.54) is 6.33 Å². The quantitative estimate of drug-likeness (QED) is 0.698. The van der Waals surface area contributed by atoms with Crippen LogP contribution in [0.25, 0.3) is 0 Å². The molecule has 1 aromatic rings. The van der Waals surface area contributed by atoms with E-state index in [9.17, 15) is 0 Å². The highest BCUT2D eigenvalue weighted by atomic mass is 16.5. The summed E-state index contributed by atoms with van der Waals surface area (Å²) in [6, 6.07) is 1.84. The van der Waals surface area contributed by atoms with Crippen molar-refractivity contribution in [2.45, 2.75) is 19.8 Å². The Morgan fingerprint density at radius 1 is 1.35 bits per heavy atom. The average molecular weight is 238 g/mol. The van der Waals surface area contributed by atoms with Gasteiger partial charge in [0.25, 0.3) is 0 Å². The van der Waals surface area contributed by atoms with E-state index in [0.29, 0.717) is 12.5 Å². The van der Waals surface area contributed by atoms with Crippen LogP contribution in [0.2, 0.25) is 0 Å². The molecule has 1 rings (SSSR count). The van der Waals surface area contributed by atoms with Gasteiger partial charge < -0.3 is 15.0 Å². The van der Waals surface area contributed by atoms with Gasteiger partial charge in [-0.2, -0.15) is 0 Å². The highest BCUT2D eigenvalue weighted by Gasteiger charge is 1.99. The summed E-state index contributed by atoms with van der Waals surface area (Å²) in [5.41, 5.74) is 0. The van der Waals surface area contributed by atoms with E-state index in [1.807, 2.05) is 6.07 Å². The zero-order valence-electron chi connectivity index (χ0n) is 10.9. The molecule has 0 spiro atoms. The fourth-order valence-corrected chi connectivity index (χ4v) is 1.33. The molecule has 0 atom stereocenters. The molecule has 0 aliphatic carbocycles. The van der Waals surface area contributed by atoms with Gasteiger partial charge in [0.2, 0.25) is 5.88 Å². The largest absolute Gasteiger partial charge is 0.477 e. The van der Waals surface area contributed by atoms with Crippen LogP contribution in [0.15, 0.2) is 12.4 Å². The minimum atomic E-state index is 0.636. The van der Waals surface area contributed by atoms with Crippen molar-refractivity contribution in [3.05, 3.63) is 12.4 Å². The third-order valence-corrected chi connectivity index (χ3v) is 2.20. The number of anilines is 1. The molecule has 0 bridgehead atoms. The van der Waals surface area contributed by atoms with Crippen LogP contribution in [0.1, 0.15) is 19.8 Å². The highest BCUT2D eigenvalue weighted by molar-refractivity contribution is 5.36. The Bertz CT molecular complexity index is 317. The first-order chi connectivity index (χ1) is 8.22. The highest BCUT2D eigenvalue weighted by Crippen LogP contribution is 2.10. The number of rotatable bonds is 8. The predicted molar refractivity (Wildman–Crippen MR) is 69.5 cm³/mol. The number of hydrogen-bond donors (Lipinski definition) is 1. The van der Waals surface area contributed by atoms with Gasteiger partial charge in [0.15, 0.2) is 0 Å². The molecule has 0 amide bonds. The SMILES string of the molecule is CCCNc1cc(OCCCN(C)C)ncn1. The molecule has 0 aromatic carbocycles. The van der Waals surface area contributed by atoms with Crippen molar-refractivity contribution in [3.63, 3.8) is 0 Å². The van der Waals surface area contributed by atoms with Crippen molar-refractivity contribution in [1.29, 1.82) is 0 Å². The Morgan fingerprint density at radius 2 is 2.18 bits per heavy atom. The molecule has 1 heterocycles. The van der Waals surface area contributed by atoms with Gasteiger partial charge in [0.05, 0.1) is 6.61 Å². The Balaban J connectivity index is 2.32. The van der Waals surface area contributed by atoms with Gasteiger partial charge in [-0.15, -0.1) is 0 Å². The van der Waals surface area contributed by atoms with Crippen molar-refractivity contribution in [1.82, 2.24) is 14.9 Å². The van der Waals surface area contributed by atoms with E-state index in [4.69, 9.17) is 4.74 Å². The molecule has 0 aliphatic heterocycles. The number of nitrogens with one attached hydrogen (secondary N) is 1. The third kappa shape index (κ3) is 6.06. The summed E-state index contributed by atoms with van der Waals surface area (Å²) in [5, 5.41) is 3.20. The average Bonchev–Trinajstić information content (AvgIpc) is 2.32. The summed E-state index contributed by atoms with van der Waals surface area (Å²) >= 11 is 0. The van der Waals surface area contributed by atoms with Gasteiger partial charge in [-0.25, -0.2) is 9.97 Å². The van der Waals surface area contributed by atoms with E-state index in [2.05, 4.69) is 41.2 Å². The molecule has 0 saturated carbocycles. The Labute approximate surface area is 103 Å². The standard InChI is InChI=1S/C12H22N4O/c1-4-6-13-11-9-12(15-10-14-11)17-8-5-7-16(2)3/h9-10H,4-8H2,1-3H3,(H,13,14,15). The van der Waals surface area contributed by atoms with Crippen LogP contribution in [0.5, 0.6) is 5.88 Å². The van der Waals surface area contributed by atoms with E-state index >= 15 is 0 Å². The fourth-order valence-electron chi connectivity index (χ4n) is 1.33. The van der Waals surface area contributed by atoms with E-state index < -0.39 is 0 Å². The summed E-state index contributed by atoms with van der Waals surface area (Å²) in [6.07, 6.45) is 3.59. The maximum Gasteiger partial charge on any atom is 0.218 e. The molecule has 5 heteroatoms. The first-order valence-corrected chi connectivity index (χ1v) is 6.06. The van der Waals surface area contributed by atoms with Crippen LogP contribution in [-0.4, -0.2) is 48.7 Å². The lowest BCUT2D eigenvalue weighted by molar-refractivity contribution is 0.273. The molecule has 0 aliphatic rings. The van der Waals surface area contributed by atoms with E-state index in [-0.39, 0.29) is 0 Å². The van der Waals surface area contributed by atoms with Gasteiger partial charge in [0.1, 0.15) is 12.1 Å².